The van der Waals surface area contributed by atoms with Crippen molar-refractivity contribution in [3.8, 4) is 11.1 Å². The smallest absolute Gasteiger partial charge is 0.254 e. The summed E-state index contributed by atoms with van der Waals surface area (Å²) >= 11 is 0. The lowest BCUT2D eigenvalue weighted by molar-refractivity contribution is 0.0547. The predicted octanol–water partition coefficient (Wildman–Crippen LogP) is 5.56. The summed E-state index contributed by atoms with van der Waals surface area (Å²) in [4.78, 5) is 23.0. The summed E-state index contributed by atoms with van der Waals surface area (Å²) in [6.45, 7) is 0.843. The van der Waals surface area contributed by atoms with Crippen LogP contribution in [0.25, 0.3) is 22.2 Å². The van der Waals surface area contributed by atoms with E-state index in [0.717, 1.165) is 48.8 Å². The van der Waals surface area contributed by atoms with E-state index >= 15 is 0 Å². The van der Waals surface area contributed by atoms with Crippen molar-refractivity contribution >= 4 is 16.9 Å². The van der Waals surface area contributed by atoms with Gasteiger partial charge in [-0.1, -0.05) is 48.5 Å². The quantitative estimate of drug-likeness (QED) is 0.473. The van der Waals surface area contributed by atoms with Crippen LogP contribution in [-0.2, 0) is 6.42 Å². The van der Waals surface area contributed by atoms with Gasteiger partial charge >= 0.3 is 0 Å². The molecule has 1 aliphatic carbocycles. The van der Waals surface area contributed by atoms with Crippen molar-refractivity contribution in [2.45, 2.75) is 37.6 Å². The molecule has 2 atom stereocenters. The molecule has 0 unspecified atom stereocenters. The number of nitrogens with zero attached hydrogens (tertiary/aromatic N) is 2. The molecule has 1 aliphatic heterocycles. The molecule has 4 nitrogen and oxygen atoms in total. The number of carbonyl (C=O) groups excluding carboxylic acids is 1. The monoisotopic (exact) mass is 407 g/mol. The number of benzene rings is 3. The van der Waals surface area contributed by atoms with Gasteiger partial charge in [-0.05, 0) is 66.1 Å². The lowest BCUT2D eigenvalue weighted by Gasteiger charge is -2.45. The van der Waals surface area contributed by atoms with Gasteiger partial charge in [0.2, 0.25) is 0 Å². The van der Waals surface area contributed by atoms with Crippen LogP contribution in [0.5, 0.6) is 0 Å². The van der Waals surface area contributed by atoms with E-state index in [-0.39, 0.29) is 11.9 Å². The number of aryl methyl sites for hydroxylation is 1. The summed E-state index contributed by atoms with van der Waals surface area (Å²) in [6, 6.07) is 23.6. The minimum Gasteiger partial charge on any atom is -0.345 e. The molecule has 0 radical (unpaired) electrons. The number of fused-ring (bicyclic) bond motifs is 4. The topological polar surface area (TPSA) is 49.0 Å². The van der Waals surface area contributed by atoms with Crippen molar-refractivity contribution < 1.29 is 4.79 Å². The first-order valence-electron chi connectivity index (χ1n) is 11.2. The zero-order chi connectivity index (χ0) is 20.8. The molecule has 1 N–H and O–H groups in total. The van der Waals surface area contributed by atoms with Gasteiger partial charge < -0.3 is 9.88 Å². The second-order valence-electron chi connectivity index (χ2n) is 8.77. The summed E-state index contributed by atoms with van der Waals surface area (Å²) < 4.78 is 0. The molecule has 31 heavy (non-hydrogen) atoms. The molecule has 0 spiro atoms. The van der Waals surface area contributed by atoms with Crippen molar-refractivity contribution in [1.82, 2.24) is 14.9 Å². The minimum atomic E-state index is 0.143. The summed E-state index contributed by atoms with van der Waals surface area (Å²) in [5, 5.41) is 0. The lowest BCUT2D eigenvalue weighted by atomic mass is 9.73. The van der Waals surface area contributed by atoms with Crippen molar-refractivity contribution in [1.29, 1.82) is 0 Å². The third kappa shape index (κ3) is 3.14. The fourth-order valence-electron chi connectivity index (χ4n) is 5.56. The van der Waals surface area contributed by atoms with E-state index in [1.807, 2.05) is 18.2 Å². The second kappa shape index (κ2) is 7.38. The first-order valence-corrected chi connectivity index (χ1v) is 11.2. The van der Waals surface area contributed by atoms with Gasteiger partial charge in [0.05, 0.1) is 17.4 Å². The zero-order valence-corrected chi connectivity index (χ0v) is 17.4. The van der Waals surface area contributed by atoms with E-state index in [1.54, 1.807) is 6.33 Å². The van der Waals surface area contributed by atoms with Crippen LogP contribution in [0, 0.1) is 0 Å². The van der Waals surface area contributed by atoms with Crippen LogP contribution in [0.3, 0.4) is 0 Å². The van der Waals surface area contributed by atoms with Gasteiger partial charge in [0, 0.05) is 24.1 Å². The molecule has 2 aliphatic rings. The molecule has 1 amide bonds. The third-order valence-corrected chi connectivity index (χ3v) is 7.07. The van der Waals surface area contributed by atoms with E-state index < -0.39 is 0 Å². The van der Waals surface area contributed by atoms with Crippen LogP contribution in [0.4, 0.5) is 0 Å². The standard InChI is InChI=1S/C27H25N3O/c31-27(21-9-12-24-25(16-21)29-17-28-24)30-14-4-7-23-22-11-8-19(18-5-2-1-3-6-18)15-20(22)10-13-26(23)30/h1-3,5-6,8-9,11-12,15-17,23,26H,4,7,10,13-14H2,(H,28,29)/t23-,26-/m0/s1. The molecule has 0 bridgehead atoms. The summed E-state index contributed by atoms with van der Waals surface area (Å²) in [5.41, 5.74) is 8.00. The van der Waals surface area contributed by atoms with Gasteiger partial charge in [-0.3, -0.25) is 4.79 Å². The number of piperidine rings is 1. The third-order valence-electron chi connectivity index (χ3n) is 7.07. The molecule has 0 saturated carbocycles. The van der Waals surface area contributed by atoms with Crippen LogP contribution >= 0.6 is 0 Å². The van der Waals surface area contributed by atoms with E-state index in [0.29, 0.717) is 5.92 Å². The van der Waals surface area contributed by atoms with Crippen LogP contribution in [-0.4, -0.2) is 33.4 Å². The van der Waals surface area contributed by atoms with Crippen LogP contribution in [0.1, 0.15) is 46.7 Å². The Hall–Kier alpha value is -3.40. The summed E-state index contributed by atoms with van der Waals surface area (Å²) in [6.07, 6.45) is 5.95. The fourth-order valence-corrected chi connectivity index (χ4v) is 5.56. The lowest BCUT2D eigenvalue weighted by Crippen LogP contribution is -2.49. The predicted molar refractivity (Wildman–Crippen MR) is 123 cm³/mol. The number of hydrogen-bond acceptors (Lipinski definition) is 2. The van der Waals surface area contributed by atoms with Crippen LogP contribution in [0.2, 0.25) is 0 Å². The number of imidazole rings is 1. The number of likely N-dealkylation sites (tertiary alicyclic amines) is 1. The Morgan fingerprint density at radius 1 is 0.968 bits per heavy atom. The van der Waals surface area contributed by atoms with Crippen molar-refractivity contribution in [3.63, 3.8) is 0 Å². The Labute approximate surface area is 181 Å². The number of aromatic nitrogens is 2. The highest BCUT2D eigenvalue weighted by Crippen LogP contribution is 2.42. The number of H-pyrrole nitrogens is 1. The summed E-state index contributed by atoms with van der Waals surface area (Å²) in [5.74, 6) is 0.573. The molecule has 1 fully saturated rings. The SMILES string of the molecule is O=C(c1ccc2[nH]cnc2c1)N1CCC[C@H]2c3ccc(-c4ccccc4)cc3CC[C@@H]21. The molecule has 4 heteroatoms. The molecular weight excluding hydrogens is 382 g/mol. The van der Waals surface area contributed by atoms with Crippen LogP contribution in [0.15, 0.2) is 73.1 Å². The van der Waals surface area contributed by atoms with Gasteiger partial charge in [0.1, 0.15) is 0 Å². The number of aromatic amines is 1. The van der Waals surface area contributed by atoms with Crippen LogP contribution < -0.4 is 0 Å². The Balaban J connectivity index is 1.30. The maximum atomic E-state index is 13.5. The molecule has 4 aromatic rings. The van der Waals surface area contributed by atoms with Gasteiger partial charge in [-0.2, -0.15) is 0 Å². The molecule has 6 rings (SSSR count). The van der Waals surface area contributed by atoms with Crippen molar-refractivity contribution in [3.05, 3.63) is 89.7 Å². The van der Waals surface area contributed by atoms with E-state index in [2.05, 4.69) is 63.4 Å². The fraction of sp³-hybridized carbons (Fsp3) is 0.259. The maximum absolute atomic E-state index is 13.5. The number of nitrogens with one attached hydrogen (secondary N) is 1. The van der Waals surface area contributed by atoms with E-state index in [9.17, 15) is 4.79 Å². The average Bonchev–Trinajstić information content (AvgIpc) is 3.31. The molecule has 154 valence electrons. The summed E-state index contributed by atoms with van der Waals surface area (Å²) in [7, 11) is 0. The van der Waals surface area contributed by atoms with Gasteiger partial charge in [-0.25, -0.2) is 4.98 Å². The first kappa shape index (κ1) is 18.4. The number of rotatable bonds is 2. The Kier molecular flexibility index (Phi) is 4.37. The van der Waals surface area contributed by atoms with E-state index in [4.69, 9.17) is 0 Å². The maximum Gasteiger partial charge on any atom is 0.254 e. The van der Waals surface area contributed by atoms with E-state index in [1.165, 1.54) is 22.3 Å². The van der Waals surface area contributed by atoms with Crippen molar-refractivity contribution in [2.24, 2.45) is 0 Å². The highest BCUT2D eigenvalue weighted by molar-refractivity contribution is 5.97. The zero-order valence-electron chi connectivity index (χ0n) is 17.4. The largest absolute Gasteiger partial charge is 0.345 e. The first-order chi connectivity index (χ1) is 15.3. The molecule has 1 aromatic heterocycles. The Bertz CT molecular complexity index is 1260. The number of amides is 1. The molecule has 1 saturated heterocycles. The second-order valence-corrected chi connectivity index (χ2v) is 8.77. The normalized spacial score (nSPS) is 20.3. The molecule has 2 heterocycles. The number of carbonyl (C=O) groups is 1. The van der Waals surface area contributed by atoms with Gasteiger partial charge in [0.25, 0.3) is 5.91 Å². The van der Waals surface area contributed by atoms with Gasteiger partial charge in [-0.15, -0.1) is 0 Å². The Morgan fingerprint density at radius 2 is 1.87 bits per heavy atom. The highest BCUT2D eigenvalue weighted by atomic mass is 16.2. The Morgan fingerprint density at radius 3 is 2.77 bits per heavy atom. The average molecular weight is 408 g/mol. The number of hydrogen-bond donors (Lipinski definition) is 1. The molecular formula is C27H25N3O. The van der Waals surface area contributed by atoms with Crippen molar-refractivity contribution in [2.75, 3.05) is 6.54 Å². The minimum absolute atomic E-state index is 0.143. The molecule has 3 aromatic carbocycles. The van der Waals surface area contributed by atoms with Gasteiger partial charge in [0.15, 0.2) is 0 Å². The highest BCUT2D eigenvalue weighted by Gasteiger charge is 2.38.